The number of aliphatic hydroxyl groups is 1. The molecule has 0 radical (unpaired) electrons. The number of rotatable bonds is 10. The summed E-state index contributed by atoms with van der Waals surface area (Å²) < 4.78 is 13.8. The number of nitrogens with zero attached hydrogens (tertiary/aromatic N) is 5. The van der Waals surface area contributed by atoms with Gasteiger partial charge in [0.25, 0.3) is 5.91 Å². The summed E-state index contributed by atoms with van der Waals surface area (Å²) in [6.45, 7) is 13.3. The number of hydrazine groups is 1. The van der Waals surface area contributed by atoms with Crippen molar-refractivity contribution in [3.8, 4) is 28.1 Å². The fraction of sp³-hybridized carbons (Fsp3) is 0.510. The second-order valence-electron chi connectivity index (χ2n) is 18.9. The molecule has 3 aliphatic heterocycles. The summed E-state index contributed by atoms with van der Waals surface area (Å²) in [5.41, 5.74) is 6.60. The van der Waals surface area contributed by atoms with Crippen LogP contribution in [0.5, 0.6) is 5.75 Å². The van der Waals surface area contributed by atoms with E-state index < -0.39 is 52.8 Å². The molecule has 65 heavy (non-hydrogen) atoms. The Morgan fingerprint density at radius 3 is 2.52 bits per heavy atom. The van der Waals surface area contributed by atoms with Gasteiger partial charge in [0.15, 0.2) is 0 Å². The minimum absolute atomic E-state index is 0.0371. The van der Waals surface area contributed by atoms with Gasteiger partial charge in [0.05, 0.1) is 24.8 Å². The number of benzene rings is 2. The number of nitrogens with one attached hydrogen (secondary N) is 2. The van der Waals surface area contributed by atoms with Crippen molar-refractivity contribution in [1.82, 2.24) is 35.1 Å². The molecule has 2 saturated heterocycles. The molecule has 4 aromatic rings. The van der Waals surface area contributed by atoms with Gasteiger partial charge in [-0.05, 0) is 90.8 Å². The van der Waals surface area contributed by atoms with Gasteiger partial charge in [-0.3, -0.25) is 29.2 Å². The van der Waals surface area contributed by atoms with Crippen molar-refractivity contribution in [1.29, 1.82) is 0 Å². The second kappa shape index (κ2) is 18.9. The van der Waals surface area contributed by atoms with Gasteiger partial charge in [0.2, 0.25) is 23.4 Å². The zero-order valence-corrected chi connectivity index (χ0v) is 38.8. The van der Waals surface area contributed by atoms with Gasteiger partial charge in [-0.15, -0.1) is 0 Å². The lowest BCUT2D eigenvalue weighted by Gasteiger charge is -2.40. The standard InChI is InChI=1S/C49H63N7O9/c1-9-54-26-34(23-41(54)58)45(60)53(7)42(29(3)4)44(59)51-39-20-30-18-33(21-35(57)19-30)31-12-13-40-36(22-31)37(43(55(40)10-2)38-25-50-16-14-32(38)27-64-8)24-48(5,6)28-65-47(62)49(63)15-11-17-56(52-49)46(39)61/h12-14,16,18-19,21-22,25,29,34,39,42,52,57,63H,9-11,15,17,20,23-24,26-28H2,1-8H3,(H,51,59)/t34-,39-,42-,49-/m0/s1. The van der Waals surface area contributed by atoms with Crippen molar-refractivity contribution in [3.63, 3.8) is 0 Å². The van der Waals surface area contributed by atoms with Gasteiger partial charge in [-0.1, -0.05) is 39.8 Å². The summed E-state index contributed by atoms with van der Waals surface area (Å²) >= 11 is 0. The molecule has 7 rings (SSSR count). The number of aromatic nitrogens is 2. The van der Waals surface area contributed by atoms with Gasteiger partial charge in [-0.2, -0.15) is 5.43 Å². The van der Waals surface area contributed by atoms with Gasteiger partial charge in [0, 0.05) is 93.9 Å². The fourth-order valence-corrected chi connectivity index (χ4v) is 9.82. The Labute approximate surface area is 380 Å². The van der Waals surface area contributed by atoms with Crippen molar-refractivity contribution in [2.24, 2.45) is 17.3 Å². The topological polar surface area (TPSA) is 196 Å². The Kier molecular flexibility index (Phi) is 13.7. The number of likely N-dealkylation sites (tertiary alicyclic amines) is 1. The van der Waals surface area contributed by atoms with E-state index in [9.17, 15) is 34.2 Å². The smallest absolute Gasteiger partial charge is 0.355 e. The number of pyridine rings is 1. The normalized spacial score (nSPS) is 21.9. The largest absolute Gasteiger partial charge is 0.508 e. The van der Waals surface area contributed by atoms with Gasteiger partial charge in [0.1, 0.15) is 17.8 Å². The van der Waals surface area contributed by atoms with Crippen LogP contribution in [0.3, 0.4) is 0 Å². The molecular formula is C49H63N7O9. The zero-order chi connectivity index (χ0) is 47.0. The van der Waals surface area contributed by atoms with Gasteiger partial charge >= 0.3 is 5.97 Å². The number of carbonyl (C=O) groups excluding carboxylic acids is 5. The third-order valence-electron chi connectivity index (χ3n) is 13.0. The van der Waals surface area contributed by atoms with Crippen molar-refractivity contribution >= 4 is 40.5 Å². The van der Waals surface area contributed by atoms with E-state index in [-0.39, 0.29) is 62.9 Å². The van der Waals surface area contributed by atoms with Crippen LogP contribution in [-0.4, -0.2) is 122 Å². The van der Waals surface area contributed by atoms with E-state index in [1.54, 1.807) is 38.1 Å². The first-order valence-electron chi connectivity index (χ1n) is 22.6. The molecule has 4 N–H and O–H groups in total. The van der Waals surface area contributed by atoms with Crippen LogP contribution < -0.4 is 10.7 Å². The Bertz CT molecular complexity index is 2480. The van der Waals surface area contributed by atoms with Crippen LogP contribution in [0, 0.1) is 17.3 Å². The van der Waals surface area contributed by atoms with Gasteiger partial charge < -0.3 is 39.4 Å². The zero-order valence-electron chi connectivity index (χ0n) is 38.8. The molecule has 3 aliphatic rings. The molecule has 348 valence electrons. The lowest BCUT2D eigenvalue weighted by molar-refractivity contribution is -0.189. The van der Waals surface area contributed by atoms with E-state index in [0.717, 1.165) is 43.9 Å². The first-order chi connectivity index (χ1) is 30.9. The number of hydrogen-bond acceptors (Lipinski definition) is 11. The molecule has 5 heterocycles. The maximum atomic E-state index is 14.7. The highest BCUT2D eigenvalue weighted by molar-refractivity contribution is 5.97. The number of carbonyl (C=O) groups is 5. The average Bonchev–Trinajstić information content (AvgIpc) is 3.80. The molecular weight excluding hydrogens is 831 g/mol. The van der Waals surface area contributed by atoms with Crippen LogP contribution in [0.25, 0.3) is 33.3 Å². The number of phenolic OH excluding ortho intramolecular Hbond substituents is 1. The molecule has 0 saturated carbocycles. The molecule has 2 fully saturated rings. The van der Waals surface area contributed by atoms with E-state index in [1.807, 2.05) is 45.2 Å². The number of aryl methyl sites for hydroxylation is 1. The Hall–Kier alpha value is -5.84. The van der Waals surface area contributed by atoms with E-state index in [2.05, 4.69) is 39.4 Å². The number of hydrogen-bond donors (Lipinski definition) is 4. The third kappa shape index (κ3) is 9.61. The molecule has 0 aliphatic carbocycles. The highest BCUT2D eigenvalue weighted by Crippen LogP contribution is 2.41. The maximum absolute atomic E-state index is 14.7. The number of methoxy groups -OCH3 is 1. The maximum Gasteiger partial charge on any atom is 0.355 e. The van der Waals surface area contributed by atoms with E-state index >= 15 is 0 Å². The number of ether oxygens (including phenoxy) is 2. The summed E-state index contributed by atoms with van der Waals surface area (Å²) in [5.74, 6) is -3.71. The van der Waals surface area contributed by atoms with Crippen molar-refractivity contribution in [2.75, 3.05) is 40.4 Å². The van der Waals surface area contributed by atoms with Crippen LogP contribution in [0.1, 0.15) is 77.5 Å². The third-order valence-corrected chi connectivity index (χ3v) is 13.0. The molecule has 4 amide bonds. The Morgan fingerprint density at radius 2 is 1.83 bits per heavy atom. The number of phenols is 1. The predicted octanol–water partition coefficient (Wildman–Crippen LogP) is 4.56. The van der Waals surface area contributed by atoms with Crippen LogP contribution in [-0.2, 0) is 59.4 Å². The van der Waals surface area contributed by atoms with Crippen LogP contribution >= 0.6 is 0 Å². The number of cyclic esters (lactones) is 1. The van der Waals surface area contributed by atoms with Crippen LogP contribution in [0.4, 0.5) is 0 Å². The minimum atomic E-state index is -2.26. The van der Waals surface area contributed by atoms with Crippen LogP contribution in [0.2, 0.25) is 0 Å². The molecule has 0 unspecified atom stereocenters. The Balaban J connectivity index is 1.33. The summed E-state index contributed by atoms with van der Waals surface area (Å²) in [6, 6.07) is 10.8. The molecule has 2 aromatic heterocycles. The summed E-state index contributed by atoms with van der Waals surface area (Å²) in [7, 11) is 3.19. The average molecular weight is 894 g/mol. The first kappa shape index (κ1) is 47.1. The summed E-state index contributed by atoms with van der Waals surface area (Å²) in [5, 5.41) is 28.1. The number of esters is 1. The van der Waals surface area contributed by atoms with E-state index in [4.69, 9.17) is 9.47 Å². The Morgan fingerprint density at radius 1 is 1.06 bits per heavy atom. The van der Waals surface area contributed by atoms with Crippen molar-refractivity contribution in [3.05, 3.63) is 71.5 Å². The minimum Gasteiger partial charge on any atom is -0.508 e. The fourth-order valence-electron chi connectivity index (χ4n) is 9.82. The SMILES string of the molecule is CCN1C[C@@H](C(=O)N(C)[C@H](C(=O)N[C@H]2Cc3cc(O)cc(c3)-c3ccc4c(c3)c(c(-c3cnccc3COC)n4CC)CC(C)(C)COC(=O)[C@@]3(O)CCCN(N3)C2=O)C(C)C)CC1=O. The molecule has 0 spiro atoms. The quantitative estimate of drug-likeness (QED) is 0.163. The van der Waals surface area contributed by atoms with Crippen molar-refractivity contribution < 1.29 is 43.7 Å². The molecule has 2 aromatic carbocycles. The molecule has 16 nitrogen and oxygen atoms in total. The van der Waals surface area contributed by atoms with E-state index in [1.165, 1.54) is 18.0 Å². The summed E-state index contributed by atoms with van der Waals surface area (Å²) in [4.78, 5) is 77.0. The highest BCUT2D eigenvalue weighted by Gasteiger charge is 2.46. The number of fused-ring (bicyclic) bond motifs is 6. The predicted molar refractivity (Wildman–Crippen MR) is 244 cm³/mol. The second-order valence-corrected chi connectivity index (χ2v) is 18.9. The van der Waals surface area contributed by atoms with E-state index in [0.29, 0.717) is 37.2 Å². The molecule has 4 atom stereocenters. The lowest BCUT2D eigenvalue weighted by Crippen LogP contribution is -2.67. The lowest BCUT2D eigenvalue weighted by atomic mass is 9.84. The number of aromatic hydroxyl groups is 1. The number of likely N-dealkylation sites (N-methyl/N-ethyl adjacent to an activating group) is 1. The van der Waals surface area contributed by atoms with Gasteiger partial charge in [-0.25, -0.2) is 4.79 Å². The summed E-state index contributed by atoms with van der Waals surface area (Å²) in [6.07, 6.45) is 4.19. The monoisotopic (exact) mass is 893 g/mol. The van der Waals surface area contributed by atoms with Crippen molar-refractivity contribution in [2.45, 2.75) is 105 Å². The molecule has 6 bridgehead atoms. The highest BCUT2D eigenvalue weighted by atomic mass is 16.6. The number of amides is 4. The molecule has 16 heteroatoms. The van der Waals surface area contributed by atoms with Crippen LogP contribution in [0.15, 0.2) is 54.9 Å². The first-order valence-corrected chi connectivity index (χ1v) is 22.6.